The molecule has 4 aromatic rings. The average Bonchev–Trinajstić information content (AvgIpc) is 2.83. The Morgan fingerprint density at radius 3 is 1.30 bits per heavy atom. The molecule has 0 aliphatic carbocycles. The lowest BCUT2D eigenvalue weighted by Crippen LogP contribution is -2.39. The summed E-state index contributed by atoms with van der Waals surface area (Å²) in [6.45, 7) is 0.940. The van der Waals surface area contributed by atoms with E-state index in [0.717, 1.165) is 24.4 Å². The van der Waals surface area contributed by atoms with Gasteiger partial charge in [0.15, 0.2) is 6.54 Å². The van der Waals surface area contributed by atoms with Gasteiger partial charge < -0.3 is 22.4 Å². The predicted octanol–water partition coefficient (Wildman–Crippen LogP) is 6.66. The number of hydrogen-bond donors (Lipinski definition) is 1. The zero-order chi connectivity index (χ0) is 23.7. The molecule has 1 heterocycles. The molecule has 0 bridgehead atoms. The molecule has 170 valence electrons. The van der Waals surface area contributed by atoms with Gasteiger partial charge in [-0.2, -0.15) is 4.57 Å². The van der Waals surface area contributed by atoms with Crippen LogP contribution in [0.25, 0.3) is 33.6 Å². The van der Waals surface area contributed by atoms with Crippen LogP contribution < -0.4 is 4.57 Å². The molecule has 0 spiro atoms. The van der Waals surface area contributed by atoms with E-state index in [1.165, 1.54) is 22.3 Å². The fourth-order valence-electron chi connectivity index (χ4n) is 3.59. The lowest BCUT2D eigenvalue weighted by atomic mass is 9.99. The van der Waals surface area contributed by atoms with Gasteiger partial charge in [0.1, 0.15) is 0 Å². The Bertz CT molecular complexity index is 1070. The van der Waals surface area contributed by atoms with Crippen molar-refractivity contribution < 1.29 is 26.9 Å². The van der Waals surface area contributed by atoms with Gasteiger partial charge in [-0.15, -0.1) is 0 Å². The van der Waals surface area contributed by atoms with Crippen molar-refractivity contribution in [2.45, 2.75) is 13.0 Å². The summed E-state index contributed by atoms with van der Waals surface area (Å²) in [6.07, 6.45) is 0.717. The molecule has 0 atom stereocenters. The topological polar surface area (TPSA) is 24.1 Å². The lowest BCUT2D eigenvalue weighted by molar-refractivity contribution is -0.676. The Labute approximate surface area is 190 Å². The van der Waals surface area contributed by atoms with Crippen molar-refractivity contribution in [1.82, 2.24) is 0 Å². The van der Waals surface area contributed by atoms with Crippen molar-refractivity contribution in [3.05, 3.63) is 103 Å². The summed E-state index contributed by atoms with van der Waals surface area (Å²) in [5.41, 5.74) is 7.07. The summed E-state index contributed by atoms with van der Waals surface area (Å²) < 4.78 is 41.3. The molecule has 7 heteroatoms. The van der Waals surface area contributed by atoms with Gasteiger partial charge in [0.2, 0.25) is 11.4 Å². The van der Waals surface area contributed by atoms with Gasteiger partial charge in [-0.1, -0.05) is 66.7 Å². The third-order valence-electron chi connectivity index (χ3n) is 4.95. The van der Waals surface area contributed by atoms with Crippen molar-refractivity contribution >= 4 is 7.25 Å². The molecule has 1 N–H and O–H groups in total. The molecule has 0 radical (unpaired) electrons. The first-order chi connectivity index (χ1) is 15.9. The molecule has 2 nitrogen and oxygen atoms in total. The Morgan fingerprint density at radius 1 is 0.576 bits per heavy atom. The molecular weight excluding hydrogens is 429 g/mol. The second kappa shape index (κ2) is 11.4. The first kappa shape index (κ1) is 24.2. The van der Waals surface area contributed by atoms with E-state index in [2.05, 4.69) is 89.5 Å². The molecule has 0 amide bonds. The van der Waals surface area contributed by atoms with Crippen LogP contribution in [-0.4, -0.2) is 19.0 Å². The Balaban J connectivity index is 0.000000555. The van der Waals surface area contributed by atoms with Crippen molar-refractivity contribution in [2.24, 2.45) is 0 Å². The minimum Gasteiger partial charge on any atom is -0.418 e. The van der Waals surface area contributed by atoms with Gasteiger partial charge in [-0.05, 0) is 35.4 Å². The van der Waals surface area contributed by atoms with Crippen LogP contribution in [-0.2, 0) is 6.54 Å². The number of halogens is 4. The van der Waals surface area contributed by atoms with Gasteiger partial charge >= 0.3 is 7.25 Å². The van der Waals surface area contributed by atoms with Crippen LogP contribution in [0.3, 0.4) is 0 Å². The molecule has 0 fully saturated rings. The number of pyridine rings is 1. The third kappa shape index (κ3) is 7.29. The predicted molar refractivity (Wildman–Crippen MR) is 125 cm³/mol. The Hall–Kier alpha value is -3.45. The van der Waals surface area contributed by atoms with Crippen LogP contribution in [0.1, 0.15) is 6.42 Å². The molecular formula is C26H24BF4NO. The first-order valence-electron chi connectivity index (χ1n) is 10.6. The second-order valence-corrected chi connectivity index (χ2v) is 7.34. The molecule has 0 unspecified atom stereocenters. The van der Waals surface area contributed by atoms with Crippen LogP contribution >= 0.6 is 0 Å². The number of benzene rings is 3. The van der Waals surface area contributed by atoms with E-state index < -0.39 is 7.25 Å². The van der Waals surface area contributed by atoms with Crippen LogP contribution in [0.4, 0.5) is 17.3 Å². The standard InChI is InChI=1S/C26H24NO.BF4/c28-18-10-17-27-25(22-13-6-2-7-14-22)19-24(21-11-4-1-5-12-21)20-26(27)23-15-8-3-9-16-23;2-1(3,4)5/h1-9,11-16,19-20,28H,10,17-18H2;/q+1;-1. The van der Waals surface area contributed by atoms with Crippen LogP contribution in [0, 0.1) is 0 Å². The monoisotopic (exact) mass is 453 g/mol. The normalized spacial score (nSPS) is 10.9. The highest BCUT2D eigenvalue weighted by Crippen LogP contribution is 2.29. The number of aliphatic hydroxyl groups is 1. The summed E-state index contributed by atoms with van der Waals surface area (Å²) >= 11 is 0. The summed E-state index contributed by atoms with van der Waals surface area (Å²) in [5.74, 6) is 0. The van der Waals surface area contributed by atoms with E-state index >= 15 is 0 Å². The highest BCUT2D eigenvalue weighted by atomic mass is 19.5. The Morgan fingerprint density at radius 2 is 0.939 bits per heavy atom. The summed E-state index contributed by atoms with van der Waals surface area (Å²) in [6, 6.07) is 36.0. The molecule has 33 heavy (non-hydrogen) atoms. The highest BCUT2D eigenvalue weighted by molar-refractivity contribution is 6.50. The number of nitrogens with zero attached hydrogens (tertiary/aromatic N) is 1. The maximum atomic E-state index is 9.75. The fraction of sp³-hybridized carbons (Fsp3) is 0.115. The second-order valence-electron chi connectivity index (χ2n) is 7.34. The molecule has 4 rings (SSSR count). The summed E-state index contributed by atoms with van der Waals surface area (Å²) in [5, 5.41) is 9.47. The largest absolute Gasteiger partial charge is 0.673 e. The Kier molecular flexibility index (Phi) is 8.38. The molecule has 1 aromatic heterocycles. The van der Waals surface area contributed by atoms with Gasteiger partial charge in [0.25, 0.3) is 0 Å². The minimum atomic E-state index is -6.00. The van der Waals surface area contributed by atoms with Gasteiger partial charge in [0, 0.05) is 36.3 Å². The molecule has 0 saturated heterocycles. The van der Waals surface area contributed by atoms with Gasteiger partial charge in [-0.3, -0.25) is 0 Å². The minimum absolute atomic E-state index is 0.176. The zero-order valence-electron chi connectivity index (χ0n) is 17.9. The molecule has 0 saturated carbocycles. The highest BCUT2D eigenvalue weighted by Gasteiger charge is 2.22. The number of aromatic nitrogens is 1. The van der Waals surface area contributed by atoms with Crippen molar-refractivity contribution in [3.8, 4) is 33.6 Å². The SMILES string of the molecule is F[B-](F)(F)F.OCCC[n+]1c(-c2ccccc2)cc(-c2ccccc2)cc1-c1ccccc1. The van der Waals surface area contributed by atoms with E-state index in [0.29, 0.717) is 0 Å². The van der Waals surface area contributed by atoms with Crippen molar-refractivity contribution in [2.75, 3.05) is 6.61 Å². The van der Waals surface area contributed by atoms with Crippen LogP contribution in [0.2, 0.25) is 0 Å². The lowest BCUT2D eigenvalue weighted by Gasteiger charge is -2.12. The maximum Gasteiger partial charge on any atom is 0.673 e. The van der Waals surface area contributed by atoms with Crippen molar-refractivity contribution in [3.63, 3.8) is 0 Å². The van der Waals surface area contributed by atoms with E-state index in [1.54, 1.807) is 0 Å². The van der Waals surface area contributed by atoms with E-state index in [4.69, 9.17) is 0 Å². The summed E-state index contributed by atoms with van der Waals surface area (Å²) in [7, 11) is -6.00. The quantitative estimate of drug-likeness (QED) is 0.197. The van der Waals surface area contributed by atoms with E-state index in [9.17, 15) is 22.4 Å². The molecule has 0 aliphatic rings. The molecule has 0 aliphatic heterocycles. The van der Waals surface area contributed by atoms with Gasteiger partial charge in [0.05, 0.1) is 0 Å². The smallest absolute Gasteiger partial charge is 0.418 e. The maximum absolute atomic E-state index is 9.75. The van der Waals surface area contributed by atoms with Crippen LogP contribution in [0.5, 0.6) is 0 Å². The number of hydrogen-bond acceptors (Lipinski definition) is 1. The zero-order valence-corrected chi connectivity index (χ0v) is 17.9. The van der Waals surface area contributed by atoms with E-state index in [1.807, 2.05) is 18.2 Å². The van der Waals surface area contributed by atoms with Gasteiger partial charge in [-0.25, -0.2) is 0 Å². The fourth-order valence-corrected chi connectivity index (χ4v) is 3.59. The van der Waals surface area contributed by atoms with E-state index in [-0.39, 0.29) is 6.61 Å². The average molecular weight is 453 g/mol. The number of aliphatic hydroxyl groups excluding tert-OH is 1. The van der Waals surface area contributed by atoms with Crippen molar-refractivity contribution in [1.29, 1.82) is 0 Å². The number of rotatable bonds is 6. The first-order valence-corrected chi connectivity index (χ1v) is 10.6. The molecule has 3 aromatic carbocycles. The van der Waals surface area contributed by atoms with Crippen LogP contribution in [0.15, 0.2) is 103 Å². The third-order valence-corrected chi connectivity index (χ3v) is 4.95. The summed E-state index contributed by atoms with van der Waals surface area (Å²) in [4.78, 5) is 0.